The lowest BCUT2D eigenvalue weighted by molar-refractivity contribution is -0.272. The quantitative estimate of drug-likeness (QED) is 0.369. The third-order valence-corrected chi connectivity index (χ3v) is 3.10. The third-order valence-electron chi connectivity index (χ3n) is 3.10. The summed E-state index contributed by atoms with van der Waals surface area (Å²) in [5, 5.41) is 12.6. The van der Waals surface area contributed by atoms with Crippen LogP contribution in [0.15, 0.2) is 0 Å². The maximum Gasteiger partial charge on any atom is 0.172 e. The smallest absolute Gasteiger partial charge is 0.172 e. The van der Waals surface area contributed by atoms with Crippen LogP contribution in [-0.4, -0.2) is 35.2 Å². The van der Waals surface area contributed by atoms with Crippen LogP contribution in [0.4, 0.5) is 0 Å². The molecule has 1 spiro atoms. The first-order valence-electron chi connectivity index (χ1n) is 4.70. The van der Waals surface area contributed by atoms with Gasteiger partial charge in [0.25, 0.3) is 0 Å². The number of hydrogen-bond donors (Lipinski definition) is 4. The van der Waals surface area contributed by atoms with Gasteiger partial charge < -0.3 is 21.3 Å². The van der Waals surface area contributed by atoms with Gasteiger partial charge in [-0.25, -0.2) is 0 Å². The van der Waals surface area contributed by atoms with E-state index in [2.05, 4.69) is 5.32 Å². The number of aliphatic hydroxyl groups excluding tert-OH is 1. The first kappa shape index (κ1) is 9.36. The maximum atomic E-state index is 9.44. The van der Waals surface area contributed by atoms with Crippen molar-refractivity contribution in [1.29, 1.82) is 0 Å². The van der Waals surface area contributed by atoms with Crippen LogP contribution in [0.5, 0.6) is 0 Å². The number of ether oxygens (including phenoxy) is 1. The molecule has 5 atom stereocenters. The van der Waals surface area contributed by atoms with E-state index >= 15 is 0 Å². The van der Waals surface area contributed by atoms with Gasteiger partial charge in [-0.3, -0.25) is 5.32 Å². The lowest BCUT2D eigenvalue weighted by Gasteiger charge is -2.56. The van der Waals surface area contributed by atoms with E-state index in [4.69, 9.17) is 16.2 Å². The number of rotatable bonds is 0. The zero-order valence-electron chi connectivity index (χ0n) is 7.73. The van der Waals surface area contributed by atoms with Crippen molar-refractivity contribution in [3.8, 4) is 0 Å². The summed E-state index contributed by atoms with van der Waals surface area (Å²) in [5.74, 6) is 0. The van der Waals surface area contributed by atoms with Gasteiger partial charge in [0.05, 0.1) is 12.1 Å². The molecule has 0 saturated carbocycles. The zero-order valence-corrected chi connectivity index (χ0v) is 7.73. The molecule has 76 valence electrons. The number of aliphatic hydroxyl groups is 1. The molecule has 13 heavy (non-hydrogen) atoms. The SMILES string of the molecule is CC1N[C@]2(CC[C@@H](N)[C@@H](O)O2)[C@@H]1N. The molecular weight excluding hydrogens is 170 g/mol. The summed E-state index contributed by atoms with van der Waals surface area (Å²) in [5.41, 5.74) is 11.0. The third kappa shape index (κ3) is 1.28. The molecule has 2 fully saturated rings. The second kappa shape index (κ2) is 2.90. The van der Waals surface area contributed by atoms with Gasteiger partial charge in [-0.2, -0.15) is 0 Å². The maximum absolute atomic E-state index is 9.44. The predicted molar refractivity (Wildman–Crippen MR) is 47.6 cm³/mol. The molecule has 0 aromatic rings. The lowest BCUT2D eigenvalue weighted by atomic mass is 9.81. The van der Waals surface area contributed by atoms with Crippen molar-refractivity contribution in [2.24, 2.45) is 11.5 Å². The average Bonchev–Trinajstić information content (AvgIpc) is 2.11. The molecule has 2 rings (SSSR count). The highest BCUT2D eigenvalue weighted by molar-refractivity contribution is 5.08. The van der Waals surface area contributed by atoms with Crippen molar-refractivity contribution in [3.63, 3.8) is 0 Å². The topological polar surface area (TPSA) is 93.5 Å². The number of nitrogens with two attached hydrogens (primary N) is 2. The van der Waals surface area contributed by atoms with Gasteiger partial charge in [-0.15, -0.1) is 0 Å². The van der Waals surface area contributed by atoms with Gasteiger partial charge in [0.2, 0.25) is 0 Å². The van der Waals surface area contributed by atoms with E-state index in [0.717, 1.165) is 12.8 Å². The van der Waals surface area contributed by atoms with Crippen LogP contribution in [0.3, 0.4) is 0 Å². The lowest BCUT2D eigenvalue weighted by Crippen LogP contribution is -2.81. The van der Waals surface area contributed by atoms with Gasteiger partial charge in [-0.05, 0) is 19.8 Å². The van der Waals surface area contributed by atoms with Crippen molar-refractivity contribution in [1.82, 2.24) is 5.32 Å². The Morgan fingerprint density at radius 1 is 1.54 bits per heavy atom. The van der Waals surface area contributed by atoms with Crippen LogP contribution in [0, 0.1) is 0 Å². The largest absolute Gasteiger partial charge is 0.367 e. The Balaban J connectivity index is 2.03. The first-order valence-corrected chi connectivity index (χ1v) is 4.70. The van der Waals surface area contributed by atoms with Crippen LogP contribution >= 0.6 is 0 Å². The number of hydrogen-bond acceptors (Lipinski definition) is 5. The Morgan fingerprint density at radius 3 is 2.69 bits per heavy atom. The fraction of sp³-hybridized carbons (Fsp3) is 1.00. The van der Waals surface area contributed by atoms with E-state index in [1.54, 1.807) is 0 Å². The highest BCUT2D eigenvalue weighted by Crippen LogP contribution is 2.35. The molecule has 2 aliphatic heterocycles. The molecule has 0 radical (unpaired) electrons. The summed E-state index contributed by atoms with van der Waals surface area (Å²) in [7, 11) is 0. The predicted octanol–water partition coefficient (Wildman–Crippen LogP) is -1.54. The second-order valence-corrected chi connectivity index (χ2v) is 4.06. The summed E-state index contributed by atoms with van der Waals surface area (Å²) >= 11 is 0. The van der Waals surface area contributed by atoms with Crippen molar-refractivity contribution in [3.05, 3.63) is 0 Å². The molecular formula is C8H17N3O2. The van der Waals surface area contributed by atoms with E-state index in [0.29, 0.717) is 0 Å². The summed E-state index contributed by atoms with van der Waals surface area (Å²) in [4.78, 5) is 0. The molecule has 2 saturated heterocycles. The van der Waals surface area contributed by atoms with Crippen LogP contribution < -0.4 is 16.8 Å². The van der Waals surface area contributed by atoms with Crippen LogP contribution in [0.2, 0.25) is 0 Å². The highest BCUT2D eigenvalue weighted by Gasteiger charge is 2.54. The van der Waals surface area contributed by atoms with Gasteiger partial charge >= 0.3 is 0 Å². The molecule has 0 amide bonds. The fourth-order valence-electron chi connectivity index (χ4n) is 2.12. The number of nitrogens with one attached hydrogen (secondary N) is 1. The molecule has 5 heteroatoms. The Morgan fingerprint density at radius 2 is 2.23 bits per heavy atom. The van der Waals surface area contributed by atoms with E-state index in [1.165, 1.54) is 0 Å². The molecule has 1 unspecified atom stereocenters. The summed E-state index contributed by atoms with van der Waals surface area (Å²) in [6, 6.07) is -0.0771. The van der Waals surface area contributed by atoms with Gasteiger partial charge in [0.15, 0.2) is 6.29 Å². The van der Waals surface area contributed by atoms with E-state index < -0.39 is 12.0 Å². The Hall–Kier alpha value is -0.200. The van der Waals surface area contributed by atoms with Crippen molar-refractivity contribution in [2.75, 3.05) is 0 Å². The van der Waals surface area contributed by atoms with Crippen molar-refractivity contribution in [2.45, 2.75) is 49.9 Å². The van der Waals surface area contributed by atoms with Crippen LogP contribution in [0.1, 0.15) is 19.8 Å². The van der Waals surface area contributed by atoms with Gasteiger partial charge in [-0.1, -0.05) is 0 Å². The second-order valence-electron chi connectivity index (χ2n) is 4.06. The van der Waals surface area contributed by atoms with Crippen LogP contribution in [0.25, 0.3) is 0 Å². The van der Waals surface area contributed by atoms with Crippen molar-refractivity contribution < 1.29 is 9.84 Å². The van der Waals surface area contributed by atoms with E-state index in [9.17, 15) is 5.11 Å². The van der Waals surface area contributed by atoms with Gasteiger partial charge in [0, 0.05) is 6.04 Å². The summed E-state index contributed by atoms with van der Waals surface area (Å²) in [6.45, 7) is 2.00. The summed E-state index contributed by atoms with van der Waals surface area (Å²) < 4.78 is 5.40. The molecule has 2 heterocycles. The highest BCUT2D eigenvalue weighted by atomic mass is 16.6. The molecule has 5 nitrogen and oxygen atoms in total. The Kier molecular flexibility index (Phi) is 2.08. The van der Waals surface area contributed by atoms with Crippen LogP contribution in [-0.2, 0) is 4.74 Å². The van der Waals surface area contributed by atoms with E-state index in [-0.39, 0.29) is 18.1 Å². The minimum atomic E-state index is -0.889. The Labute approximate surface area is 77.4 Å². The minimum Gasteiger partial charge on any atom is -0.367 e. The molecule has 0 aromatic carbocycles. The van der Waals surface area contributed by atoms with Crippen molar-refractivity contribution >= 4 is 0 Å². The monoisotopic (exact) mass is 187 g/mol. The minimum absolute atomic E-state index is 0.0466. The van der Waals surface area contributed by atoms with E-state index in [1.807, 2.05) is 6.92 Å². The molecule has 2 aliphatic rings. The molecule has 6 N–H and O–H groups in total. The average molecular weight is 187 g/mol. The fourth-order valence-corrected chi connectivity index (χ4v) is 2.12. The zero-order chi connectivity index (χ0) is 9.64. The molecule has 0 aliphatic carbocycles. The molecule has 0 bridgehead atoms. The van der Waals surface area contributed by atoms with Gasteiger partial charge in [0.1, 0.15) is 5.72 Å². The first-order chi connectivity index (χ1) is 6.05. The summed E-state index contributed by atoms with van der Waals surface area (Å²) in [6.07, 6.45) is 0.630. The Bertz CT molecular complexity index is 214. The standard InChI is InChI=1S/C8H17N3O2/c1-4-6(10)8(11-4)3-2-5(9)7(12)13-8/h4-7,11-12H,2-3,9-10H2,1H3/t4?,5-,6-,7+,8+/m1/s1. The normalized spacial score (nSPS) is 56.3. The molecule has 0 aromatic heterocycles.